The standard InChI is InChI=1S/C21H27F2O4P/c1-6-9-21(2,28-19-8-7-14(22)10-17(19)23)16-11-15(25-4)12-18(26-5)20(16)27-13-24-3/h7-8,10-12,28H,6,9,13H2,1-5H3. The Bertz CT molecular complexity index is 800. The molecule has 2 aromatic carbocycles. The number of hydrogen-bond acceptors (Lipinski definition) is 4. The van der Waals surface area contributed by atoms with Gasteiger partial charge in [-0.1, -0.05) is 28.8 Å². The predicted molar refractivity (Wildman–Crippen MR) is 109 cm³/mol. The van der Waals surface area contributed by atoms with Crippen molar-refractivity contribution in [2.24, 2.45) is 0 Å². The molecule has 0 saturated heterocycles. The van der Waals surface area contributed by atoms with Crippen molar-refractivity contribution >= 4 is 13.9 Å². The second kappa shape index (κ2) is 10.0. The van der Waals surface area contributed by atoms with Gasteiger partial charge >= 0.3 is 0 Å². The average molecular weight is 412 g/mol. The highest BCUT2D eigenvalue weighted by Gasteiger charge is 2.33. The minimum Gasteiger partial charge on any atom is -0.497 e. The lowest BCUT2D eigenvalue weighted by atomic mass is 9.93. The van der Waals surface area contributed by atoms with Gasteiger partial charge in [-0.3, -0.25) is 0 Å². The van der Waals surface area contributed by atoms with Crippen molar-refractivity contribution in [3.05, 3.63) is 47.5 Å². The van der Waals surface area contributed by atoms with Gasteiger partial charge in [-0.05, 0) is 24.6 Å². The first-order valence-corrected chi connectivity index (χ1v) is 10.00. The summed E-state index contributed by atoms with van der Waals surface area (Å²) in [4.78, 5) is 0. The van der Waals surface area contributed by atoms with Crippen LogP contribution < -0.4 is 19.5 Å². The Balaban J connectivity index is 2.61. The highest BCUT2D eigenvalue weighted by molar-refractivity contribution is 7.48. The molecule has 7 heteroatoms. The number of rotatable bonds is 10. The number of ether oxygens (including phenoxy) is 4. The quantitative estimate of drug-likeness (QED) is 0.407. The van der Waals surface area contributed by atoms with E-state index in [4.69, 9.17) is 18.9 Å². The summed E-state index contributed by atoms with van der Waals surface area (Å²) in [6, 6.07) is 7.33. The van der Waals surface area contributed by atoms with Gasteiger partial charge in [-0.25, -0.2) is 8.78 Å². The van der Waals surface area contributed by atoms with E-state index >= 15 is 0 Å². The maximum atomic E-state index is 14.4. The molecule has 2 atom stereocenters. The van der Waals surface area contributed by atoms with Gasteiger partial charge in [0, 0.05) is 35.3 Å². The zero-order chi connectivity index (χ0) is 20.7. The van der Waals surface area contributed by atoms with Gasteiger partial charge in [-0.15, -0.1) is 0 Å². The number of hydrogen-bond donors (Lipinski definition) is 0. The van der Waals surface area contributed by atoms with Gasteiger partial charge in [0.15, 0.2) is 18.3 Å². The van der Waals surface area contributed by atoms with Crippen LogP contribution in [0.2, 0.25) is 0 Å². The second-order valence-corrected chi connectivity index (χ2v) is 8.48. The number of benzene rings is 2. The minimum atomic E-state index is -0.588. The molecule has 0 amide bonds. The molecule has 28 heavy (non-hydrogen) atoms. The Morgan fingerprint density at radius 2 is 1.79 bits per heavy atom. The molecule has 2 rings (SSSR count). The lowest BCUT2D eigenvalue weighted by Crippen LogP contribution is -2.22. The fourth-order valence-electron chi connectivity index (χ4n) is 3.18. The van der Waals surface area contributed by atoms with Crippen LogP contribution >= 0.6 is 8.58 Å². The van der Waals surface area contributed by atoms with Crippen molar-refractivity contribution in [2.45, 2.75) is 31.8 Å². The van der Waals surface area contributed by atoms with E-state index in [0.29, 0.717) is 22.6 Å². The summed E-state index contributed by atoms with van der Waals surface area (Å²) in [5.41, 5.74) is 0.838. The summed E-state index contributed by atoms with van der Waals surface area (Å²) in [7, 11) is 4.72. The fraction of sp³-hybridized carbons (Fsp3) is 0.429. The summed E-state index contributed by atoms with van der Waals surface area (Å²) in [5, 5.41) is -0.00461. The van der Waals surface area contributed by atoms with Crippen molar-refractivity contribution in [1.29, 1.82) is 0 Å². The molecular formula is C21H27F2O4P. The third-order valence-electron chi connectivity index (χ3n) is 4.49. The minimum absolute atomic E-state index is 0.0475. The van der Waals surface area contributed by atoms with Gasteiger partial charge in [0.05, 0.1) is 14.2 Å². The van der Waals surface area contributed by atoms with Crippen molar-refractivity contribution in [3.8, 4) is 17.2 Å². The molecule has 2 unspecified atom stereocenters. The summed E-state index contributed by atoms with van der Waals surface area (Å²) in [6.45, 7) is 4.16. The first-order valence-electron chi connectivity index (χ1n) is 9.00. The molecule has 0 radical (unpaired) electrons. The third kappa shape index (κ3) is 5.12. The summed E-state index contributed by atoms with van der Waals surface area (Å²) < 4.78 is 49.6. The average Bonchev–Trinajstić information content (AvgIpc) is 2.68. The number of methoxy groups -OCH3 is 3. The molecule has 0 bridgehead atoms. The zero-order valence-corrected chi connectivity index (χ0v) is 17.9. The highest BCUT2D eigenvalue weighted by Crippen LogP contribution is 2.52. The topological polar surface area (TPSA) is 36.9 Å². The monoisotopic (exact) mass is 412 g/mol. The Kier molecular flexibility index (Phi) is 8.02. The molecule has 0 fully saturated rings. The van der Waals surface area contributed by atoms with Crippen LogP contribution in [0.4, 0.5) is 8.78 Å². The molecule has 2 aromatic rings. The van der Waals surface area contributed by atoms with E-state index in [1.165, 1.54) is 19.2 Å². The van der Waals surface area contributed by atoms with Crippen LogP contribution in [0.3, 0.4) is 0 Å². The van der Waals surface area contributed by atoms with E-state index in [-0.39, 0.29) is 15.4 Å². The van der Waals surface area contributed by atoms with E-state index in [1.54, 1.807) is 20.3 Å². The van der Waals surface area contributed by atoms with Gasteiger partial charge in [0.1, 0.15) is 17.4 Å². The normalized spacial score (nSPS) is 13.5. The van der Waals surface area contributed by atoms with Gasteiger partial charge in [-0.2, -0.15) is 0 Å². The zero-order valence-electron chi connectivity index (χ0n) is 16.9. The molecule has 154 valence electrons. The van der Waals surface area contributed by atoms with Crippen LogP contribution in [0.25, 0.3) is 0 Å². The summed E-state index contributed by atoms with van der Waals surface area (Å²) >= 11 is 0. The van der Waals surface area contributed by atoms with Crippen molar-refractivity contribution in [3.63, 3.8) is 0 Å². The SMILES string of the molecule is CCCC(C)(Pc1ccc(F)cc1F)c1cc(OC)cc(OC)c1OCOC. The lowest BCUT2D eigenvalue weighted by Gasteiger charge is -2.33. The lowest BCUT2D eigenvalue weighted by molar-refractivity contribution is 0.0479. The molecule has 0 aliphatic heterocycles. The van der Waals surface area contributed by atoms with Gasteiger partial charge < -0.3 is 18.9 Å². The highest BCUT2D eigenvalue weighted by atomic mass is 31.1. The van der Waals surface area contributed by atoms with Gasteiger partial charge in [0.2, 0.25) is 0 Å². The molecule has 0 saturated carbocycles. The van der Waals surface area contributed by atoms with Crippen LogP contribution in [0, 0.1) is 11.6 Å². The summed E-state index contributed by atoms with van der Waals surface area (Å²) in [6.07, 6.45) is 1.64. The molecule has 0 spiro atoms. The molecule has 0 N–H and O–H groups in total. The summed E-state index contributed by atoms with van der Waals surface area (Å²) in [5.74, 6) is 0.530. The molecule has 0 heterocycles. The van der Waals surface area contributed by atoms with E-state index in [2.05, 4.69) is 6.92 Å². The van der Waals surface area contributed by atoms with E-state index < -0.39 is 16.8 Å². The predicted octanol–water partition coefficient (Wildman–Crippen LogP) is 4.98. The molecule has 0 aliphatic rings. The van der Waals surface area contributed by atoms with Crippen LogP contribution in [0.5, 0.6) is 17.2 Å². The Morgan fingerprint density at radius 3 is 2.36 bits per heavy atom. The van der Waals surface area contributed by atoms with E-state index in [9.17, 15) is 8.78 Å². The van der Waals surface area contributed by atoms with Crippen LogP contribution in [0.1, 0.15) is 32.3 Å². The third-order valence-corrected chi connectivity index (χ3v) is 6.24. The first-order chi connectivity index (χ1) is 13.4. The largest absolute Gasteiger partial charge is 0.497 e. The molecule has 0 aromatic heterocycles. The van der Waals surface area contributed by atoms with Crippen molar-refractivity contribution in [2.75, 3.05) is 28.1 Å². The van der Waals surface area contributed by atoms with Gasteiger partial charge in [0.25, 0.3) is 0 Å². The van der Waals surface area contributed by atoms with Crippen molar-refractivity contribution in [1.82, 2.24) is 0 Å². The fourth-order valence-corrected chi connectivity index (χ4v) is 4.82. The molecular weight excluding hydrogens is 385 g/mol. The second-order valence-electron chi connectivity index (χ2n) is 6.59. The maximum absolute atomic E-state index is 14.4. The number of halogens is 2. The van der Waals surface area contributed by atoms with Crippen LogP contribution in [-0.4, -0.2) is 28.1 Å². The Morgan fingerprint density at radius 1 is 1.04 bits per heavy atom. The Hall–Kier alpha value is -1.91. The first kappa shape index (κ1) is 22.4. The molecule has 4 nitrogen and oxygen atoms in total. The van der Waals surface area contributed by atoms with E-state index in [0.717, 1.165) is 24.5 Å². The maximum Gasteiger partial charge on any atom is 0.188 e. The smallest absolute Gasteiger partial charge is 0.188 e. The molecule has 0 aliphatic carbocycles. The van der Waals surface area contributed by atoms with Crippen molar-refractivity contribution < 1.29 is 27.7 Å². The van der Waals surface area contributed by atoms with E-state index in [1.807, 2.05) is 13.0 Å². The Labute approximate surface area is 166 Å². The van der Waals surface area contributed by atoms with Crippen LogP contribution in [-0.2, 0) is 9.89 Å². The van der Waals surface area contributed by atoms with Crippen LogP contribution in [0.15, 0.2) is 30.3 Å².